The average Bonchev–Trinajstić information content (AvgIpc) is 2.79. The molecule has 0 unspecified atom stereocenters. The number of rotatable bonds is 5. The maximum atomic E-state index is 14.0. The molecule has 1 fully saturated rings. The lowest BCUT2D eigenvalue weighted by molar-refractivity contribution is 0.0233. The zero-order chi connectivity index (χ0) is 14.8. The van der Waals surface area contributed by atoms with Gasteiger partial charge in [-0.1, -0.05) is 31.5 Å². The summed E-state index contributed by atoms with van der Waals surface area (Å²) < 4.78 is 19.3. The van der Waals surface area contributed by atoms with Crippen molar-refractivity contribution in [2.75, 3.05) is 19.8 Å². The number of aliphatic hydroxyl groups is 1. The molecule has 1 aromatic rings. The number of halogens is 2. The van der Waals surface area contributed by atoms with Crippen LogP contribution in [0.3, 0.4) is 0 Å². The summed E-state index contributed by atoms with van der Waals surface area (Å²) in [6, 6.07) is 4.54. The molecule has 2 rings (SSSR count). The third-order valence-electron chi connectivity index (χ3n) is 3.70. The fourth-order valence-corrected chi connectivity index (χ4v) is 2.65. The standard InChI is InChI=1S/C15H21ClFNO2/c1-10(2)14(12-4-3-11(16)7-13(12)17)18-8-15(19)5-6-20-9-15/h3-4,7,10,14,18-19H,5-6,8-9H2,1-2H3/t14-,15-/m1/s1. The molecule has 0 aliphatic carbocycles. The van der Waals surface area contributed by atoms with Crippen LogP contribution in [0.5, 0.6) is 0 Å². The summed E-state index contributed by atoms with van der Waals surface area (Å²) in [5.41, 5.74) is -0.275. The molecular weight excluding hydrogens is 281 g/mol. The number of hydrogen-bond donors (Lipinski definition) is 2. The first-order valence-corrected chi connectivity index (χ1v) is 7.27. The molecule has 2 N–H and O–H groups in total. The molecule has 1 aromatic carbocycles. The molecule has 20 heavy (non-hydrogen) atoms. The quantitative estimate of drug-likeness (QED) is 0.878. The van der Waals surface area contributed by atoms with Gasteiger partial charge in [-0.3, -0.25) is 0 Å². The Hall–Kier alpha value is -0.680. The predicted molar refractivity (Wildman–Crippen MR) is 77.4 cm³/mol. The van der Waals surface area contributed by atoms with E-state index in [9.17, 15) is 9.50 Å². The summed E-state index contributed by atoms with van der Waals surface area (Å²) in [5, 5.41) is 13.9. The fourth-order valence-electron chi connectivity index (χ4n) is 2.49. The first kappa shape index (κ1) is 15.7. The van der Waals surface area contributed by atoms with E-state index >= 15 is 0 Å². The average molecular weight is 302 g/mol. The highest BCUT2D eigenvalue weighted by molar-refractivity contribution is 6.30. The van der Waals surface area contributed by atoms with Gasteiger partial charge in [0, 0.05) is 36.2 Å². The molecular formula is C15H21ClFNO2. The SMILES string of the molecule is CC(C)[C@@H](NC[C@]1(O)CCOC1)c1ccc(Cl)cc1F. The summed E-state index contributed by atoms with van der Waals surface area (Å²) >= 11 is 5.79. The van der Waals surface area contributed by atoms with Crippen LogP contribution >= 0.6 is 11.6 Å². The van der Waals surface area contributed by atoms with Crippen molar-refractivity contribution < 1.29 is 14.2 Å². The lowest BCUT2D eigenvalue weighted by Gasteiger charge is -2.28. The van der Waals surface area contributed by atoms with E-state index in [0.717, 1.165) is 0 Å². The topological polar surface area (TPSA) is 41.5 Å². The molecule has 2 atom stereocenters. The van der Waals surface area contributed by atoms with Gasteiger partial charge in [0.2, 0.25) is 0 Å². The van der Waals surface area contributed by atoms with E-state index in [1.54, 1.807) is 12.1 Å². The molecule has 112 valence electrons. The normalized spacial score (nSPS) is 24.3. The van der Waals surface area contributed by atoms with Crippen LogP contribution in [0.15, 0.2) is 18.2 Å². The summed E-state index contributed by atoms with van der Waals surface area (Å²) in [7, 11) is 0. The second-order valence-corrected chi connectivity index (χ2v) is 6.23. The van der Waals surface area contributed by atoms with Crippen LogP contribution in [-0.2, 0) is 4.74 Å². The molecule has 1 aliphatic heterocycles. The Bertz CT molecular complexity index is 461. The highest BCUT2D eigenvalue weighted by Gasteiger charge is 2.33. The summed E-state index contributed by atoms with van der Waals surface area (Å²) in [6.07, 6.45) is 0.605. The second kappa shape index (κ2) is 6.39. The van der Waals surface area contributed by atoms with Crippen molar-refractivity contribution in [2.45, 2.75) is 31.9 Å². The van der Waals surface area contributed by atoms with E-state index in [2.05, 4.69) is 5.32 Å². The Morgan fingerprint density at radius 3 is 2.80 bits per heavy atom. The van der Waals surface area contributed by atoms with Gasteiger partial charge in [0.1, 0.15) is 11.4 Å². The van der Waals surface area contributed by atoms with Crippen molar-refractivity contribution in [2.24, 2.45) is 5.92 Å². The van der Waals surface area contributed by atoms with Gasteiger partial charge < -0.3 is 15.2 Å². The zero-order valence-corrected chi connectivity index (χ0v) is 12.6. The van der Waals surface area contributed by atoms with Gasteiger partial charge in [-0.25, -0.2) is 4.39 Å². The lowest BCUT2D eigenvalue weighted by Crippen LogP contribution is -2.43. The number of nitrogens with one attached hydrogen (secondary N) is 1. The molecule has 0 spiro atoms. The van der Waals surface area contributed by atoms with Crippen molar-refractivity contribution in [3.8, 4) is 0 Å². The van der Waals surface area contributed by atoms with Gasteiger partial charge in [-0.15, -0.1) is 0 Å². The van der Waals surface area contributed by atoms with E-state index in [0.29, 0.717) is 36.8 Å². The largest absolute Gasteiger partial charge is 0.386 e. The van der Waals surface area contributed by atoms with Gasteiger partial charge >= 0.3 is 0 Å². The maximum absolute atomic E-state index is 14.0. The Morgan fingerprint density at radius 1 is 1.50 bits per heavy atom. The molecule has 3 nitrogen and oxygen atoms in total. The highest BCUT2D eigenvalue weighted by atomic mass is 35.5. The summed E-state index contributed by atoms with van der Waals surface area (Å²) in [6.45, 7) is 5.31. The molecule has 0 bridgehead atoms. The molecule has 5 heteroatoms. The van der Waals surface area contributed by atoms with Crippen molar-refractivity contribution in [1.82, 2.24) is 5.32 Å². The van der Waals surface area contributed by atoms with Gasteiger partial charge in [-0.05, 0) is 18.1 Å². The minimum Gasteiger partial charge on any atom is -0.386 e. The van der Waals surface area contributed by atoms with Crippen LogP contribution in [0.4, 0.5) is 4.39 Å². The minimum absolute atomic E-state index is 0.170. The maximum Gasteiger partial charge on any atom is 0.129 e. The smallest absolute Gasteiger partial charge is 0.129 e. The third-order valence-corrected chi connectivity index (χ3v) is 3.93. The van der Waals surface area contributed by atoms with Crippen LogP contribution in [0.2, 0.25) is 5.02 Å². The van der Waals surface area contributed by atoms with E-state index in [1.165, 1.54) is 6.07 Å². The number of benzene rings is 1. The second-order valence-electron chi connectivity index (χ2n) is 5.80. The summed E-state index contributed by atoms with van der Waals surface area (Å²) in [5.74, 6) is -0.130. The van der Waals surface area contributed by atoms with Crippen LogP contribution in [0.1, 0.15) is 31.9 Å². The molecule has 1 heterocycles. The van der Waals surface area contributed by atoms with Crippen molar-refractivity contribution in [3.63, 3.8) is 0 Å². The molecule has 0 radical (unpaired) electrons. The van der Waals surface area contributed by atoms with Crippen LogP contribution in [0, 0.1) is 11.7 Å². The third kappa shape index (κ3) is 3.70. The molecule has 1 saturated heterocycles. The lowest BCUT2D eigenvalue weighted by atomic mass is 9.94. The first-order valence-electron chi connectivity index (χ1n) is 6.90. The van der Waals surface area contributed by atoms with E-state index < -0.39 is 5.60 Å². The molecule has 0 amide bonds. The van der Waals surface area contributed by atoms with E-state index in [-0.39, 0.29) is 17.8 Å². The van der Waals surface area contributed by atoms with Gasteiger partial charge in [0.25, 0.3) is 0 Å². The van der Waals surface area contributed by atoms with Gasteiger partial charge in [0.15, 0.2) is 0 Å². The van der Waals surface area contributed by atoms with Gasteiger partial charge in [-0.2, -0.15) is 0 Å². The Morgan fingerprint density at radius 2 is 2.25 bits per heavy atom. The van der Waals surface area contributed by atoms with E-state index in [1.807, 2.05) is 13.8 Å². The molecule has 0 saturated carbocycles. The first-order chi connectivity index (χ1) is 9.41. The van der Waals surface area contributed by atoms with Crippen LogP contribution < -0.4 is 5.32 Å². The van der Waals surface area contributed by atoms with Crippen molar-refractivity contribution in [1.29, 1.82) is 0 Å². The Labute approximate surface area is 124 Å². The fraction of sp³-hybridized carbons (Fsp3) is 0.600. The van der Waals surface area contributed by atoms with Gasteiger partial charge in [0.05, 0.1) is 6.61 Å². The highest BCUT2D eigenvalue weighted by Crippen LogP contribution is 2.27. The summed E-state index contributed by atoms with van der Waals surface area (Å²) in [4.78, 5) is 0. The van der Waals surface area contributed by atoms with Crippen molar-refractivity contribution in [3.05, 3.63) is 34.6 Å². The number of ether oxygens (including phenoxy) is 1. The zero-order valence-electron chi connectivity index (χ0n) is 11.8. The molecule has 0 aromatic heterocycles. The van der Waals surface area contributed by atoms with Crippen LogP contribution in [0.25, 0.3) is 0 Å². The monoisotopic (exact) mass is 301 g/mol. The number of hydrogen-bond acceptors (Lipinski definition) is 3. The Kier molecular flexibility index (Phi) is 5.02. The van der Waals surface area contributed by atoms with Crippen LogP contribution in [-0.4, -0.2) is 30.5 Å². The predicted octanol–water partition coefficient (Wildman–Crippen LogP) is 2.92. The molecule has 1 aliphatic rings. The van der Waals surface area contributed by atoms with Crippen molar-refractivity contribution >= 4 is 11.6 Å². The Balaban J connectivity index is 2.10. The minimum atomic E-state index is -0.851. The van der Waals surface area contributed by atoms with E-state index in [4.69, 9.17) is 16.3 Å².